The molecular formula is C22H22ClN3O4S. The molecule has 1 saturated heterocycles. The lowest BCUT2D eigenvalue weighted by Gasteiger charge is -2.16. The Morgan fingerprint density at radius 3 is 2.45 bits per heavy atom. The zero-order valence-corrected chi connectivity index (χ0v) is 18.5. The van der Waals surface area contributed by atoms with Crippen LogP contribution in [0, 0.1) is 0 Å². The number of halogens is 1. The van der Waals surface area contributed by atoms with E-state index in [0.717, 1.165) is 5.56 Å². The molecular weight excluding hydrogens is 438 g/mol. The van der Waals surface area contributed by atoms with Crippen LogP contribution in [-0.2, 0) is 20.7 Å². The summed E-state index contributed by atoms with van der Waals surface area (Å²) in [6.45, 7) is 2.45. The summed E-state index contributed by atoms with van der Waals surface area (Å²) >= 11 is 7.15. The molecule has 7 nitrogen and oxygen atoms in total. The number of benzene rings is 2. The number of carbonyl (C=O) groups is 3. The van der Waals surface area contributed by atoms with Crippen molar-refractivity contribution in [3.63, 3.8) is 0 Å². The highest BCUT2D eigenvalue weighted by atomic mass is 35.5. The SMILES string of the molecule is CCOC(=O)c1ccc(N=C2SC(CC(N)=O)C(=O)N2CCc2ccc(Cl)cc2)cc1. The van der Waals surface area contributed by atoms with Crippen LogP contribution in [0.5, 0.6) is 0 Å². The van der Waals surface area contributed by atoms with E-state index in [1.165, 1.54) is 11.8 Å². The maximum atomic E-state index is 12.9. The van der Waals surface area contributed by atoms with Gasteiger partial charge < -0.3 is 10.5 Å². The number of amidine groups is 1. The van der Waals surface area contributed by atoms with Gasteiger partial charge in [0.15, 0.2) is 5.17 Å². The second kappa shape index (κ2) is 10.5. The number of rotatable bonds is 8. The quantitative estimate of drug-likeness (QED) is 0.608. The fraction of sp³-hybridized carbons (Fsp3) is 0.273. The molecule has 1 unspecified atom stereocenters. The summed E-state index contributed by atoms with van der Waals surface area (Å²) in [5.41, 5.74) is 7.34. The largest absolute Gasteiger partial charge is 0.462 e. The van der Waals surface area contributed by atoms with Crippen LogP contribution in [0.4, 0.5) is 5.69 Å². The summed E-state index contributed by atoms with van der Waals surface area (Å²) in [5, 5.41) is 0.543. The highest BCUT2D eigenvalue weighted by Crippen LogP contribution is 2.32. The molecule has 9 heteroatoms. The average molecular weight is 460 g/mol. The fourth-order valence-electron chi connectivity index (χ4n) is 3.00. The summed E-state index contributed by atoms with van der Waals surface area (Å²) in [4.78, 5) is 42.2. The number of hydrogen-bond acceptors (Lipinski definition) is 6. The van der Waals surface area contributed by atoms with Gasteiger partial charge in [-0.1, -0.05) is 35.5 Å². The number of thioether (sulfide) groups is 1. The van der Waals surface area contributed by atoms with Gasteiger partial charge in [0, 0.05) is 18.0 Å². The number of aliphatic imine (C=N–C) groups is 1. The van der Waals surface area contributed by atoms with Crippen LogP contribution < -0.4 is 5.73 Å². The number of nitrogens with two attached hydrogens (primary N) is 1. The first-order valence-electron chi connectivity index (χ1n) is 9.74. The van der Waals surface area contributed by atoms with Crippen molar-refractivity contribution in [1.29, 1.82) is 0 Å². The van der Waals surface area contributed by atoms with E-state index < -0.39 is 17.1 Å². The summed E-state index contributed by atoms with van der Waals surface area (Å²) in [6, 6.07) is 14.0. The van der Waals surface area contributed by atoms with Crippen molar-refractivity contribution in [2.24, 2.45) is 10.7 Å². The van der Waals surface area contributed by atoms with Gasteiger partial charge in [-0.3, -0.25) is 14.5 Å². The molecule has 0 bridgehead atoms. The van der Waals surface area contributed by atoms with E-state index in [-0.39, 0.29) is 12.3 Å². The monoisotopic (exact) mass is 459 g/mol. The molecule has 3 rings (SSSR count). The van der Waals surface area contributed by atoms with E-state index in [2.05, 4.69) is 4.99 Å². The zero-order chi connectivity index (χ0) is 22.4. The average Bonchev–Trinajstić information content (AvgIpc) is 3.02. The third kappa shape index (κ3) is 6.08. The smallest absolute Gasteiger partial charge is 0.338 e. The van der Waals surface area contributed by atoms with E-state index in [0.29, 0.717) is 41.0 Å². The summed E-state index contributed by atoms with van der Waals surface area (Å²) < 4.78 is 4.98. The molecule has 1 aliphatic rings. The van der Waals surface area contributed by atoms with Gasteiger partial charge in [0.1, 0.15) is 5.25 Å². The van der Waals surface area contributed by atoms with Crippen molar-refractivity contribution >= 4 is 52.0 Å². The van der Waals surface area contributed by atoms with Crippen molar-refractivity contribution in [3.8, 4) is 0 Å². The number of nitrogens with zero attached hydrogens (tertiary/aromatic N) is 2. The first-order valence-corrected chi connectivity index (χ1v) is 11.0. The Balaban J connectivity index is 1.80. The Labute approximate surface area is 189 Å². The second-order valence-electron chi connectivity index (χ2n) is 6.80. The van der Waals surface area contributed by atoms with E-state index in [1.807, 2.05) is 12.1 Å². The highest BCUT2D eigenvalue weighted by Gasteiger charge is 2.38. The van der Waals surface area contributed by atoms with Crippen LogP contribution >= 0.6 is 23.4 Å². The number of ether oxygens (including phenoxy) is 1. The molecule has 1 aliphatic heterocycles. The van der Waals surface area contributed by atoms with E-state index in [9.17, 15) is 14.4 Å². The van der Waals surface area contributed by atoms with Crippen LogP contribution in [0.3, 0.4) is 0 Å². The third-order valence-corrected chi connectivity index (χ3v) is 5.97. The van der Waals surface area contributed by atoms with Gasteiger partial charge in [-0.15, -0.1) is 0 Å². The molecule has 1 atom stereocenters. The van der Waals surface area contributed by atoms with Crippen LogP contribution in [0.25, 0.3) is 0 Å². The molecule has 1 heterocycles. The predicted octanol–water partition coefficient (Wildman–Crippen LogP) is 3.57. The third-order valence-electron chi connectivity index (χ3n) is 4.55. The molecule has 0 spiro atoms. The van der Waals surface area contributed by atoms with Crippen LogP contribution in [0.1, 0.15) is 29.3 Å². The van der Waals surface area contributed by atoms with Crippen molar-refractivity contribution < 1.29 is 19.1 Å². The van der Waals surface area contributed by atoms with Gasteiger partial charge in [-0.25, -0.2) is 9.79 Å². The molecule has 0 aromatic heterocycles. The Kier molecular flexibility index (Phi) is 7.70. The van der Waals surface area contributed by atoms with E-state index >= 15 is 0 Å². The summed E-state index contributed by atoms with van der Waals surface area (Å²) in [7, 11) is 0. The van der Waals surface area contributed by atoms with Crippen LogP contribution in [0.15, 0.2) is 53.5 Å². The number of amides is 2. The summed E-state index contributed by atoms with van der Waals surface area (Å²) in [6.07, 6.45) is 0.551. The maximum Gasteiger partial charge on any atom is 0.338 e. The number of primary amides is 1. The molecule has 0 saturated carbocycles. The van der Waals surface area contributed by atoms with Gasteiger partial charge in [0.2, 0.25) is 11.8 Å². The molecule has 0 radical (unpaired) electrons. The Morgan fingerprint density at radius 2 is 1.84 bits per heavy atom. The van der Waals surface area contributed by atoms with E-state index in [4.69, 9.17) is 22.1 Å². The molecule has 2 N–H and O–H groups in total. The van der Waals surface area contributed by atoms with Gasteiger partial charge >= 0.3 is 5.97 Å². The lowest BCUT2D eigenvalue weighted by Crippen LogP contribution is -2.35. The number of esters is 1. The maximum absolute atomic E-state index is 12.9. The number of hydrogen-bond donors (Lipinski definition) is 1. The minimum atomic E-state index is -0.597. The topological polar surface area (TPSA) is 102 Å². The Hall–Kier alpha value is -2.84. The standard InChI is InChI=1S/C22H22ClN3O4S/c1-2-30-21(29)15-5-9-17(10-6-15)25-22-26(20(28)18(31-22)13-19(24)27)12-11-14-3-7-16(23)8-4-14/h3-10,18H,2,11-13H2,1H3,(H2,24,27). The van der Waals surface area contributed by atoms with Crippen molar-refractivity contribution in [2.75, 3.05) is 13.2 Å². The molecule has 2 aromatic carbocycles. The van der Waals surface area contributed by atoms with Gasteiger partial charge in [0.25, 0.3) is 0 Å². The first kappa shape index (κ1) is 22.8. The molecule has 0 aliphatic carbocycles. The lowest BCUT2D eigenvalue weighted by atomic mass is 10.1. The molecule has 1 fully saturated rings. The van der Waals surface area contributed by atoms with Crippen molar-refractivity contribution in [2.45, 2.75) is 25.0 Å². The van der Waals surface area contributed by atoms with Gasteiger partial charge in [0.05, 0.1) is 17.9 Å². The van der Waals surface area contributed by atoms with Crippen molar-refractivity contribution in [3.05, 3.63) is 64.7 Å². The second-order valence-corrected chi connectivity index (χ2v) is 8.41. The van der Waals surface area contributed by atoms with Gasteiger partial charge in [-0.2, -0.15) is 0 Å². The van der Waals surface area contributed by atoms with Crippen LogP contribution in [-0.4, -0.2) is 46.3 Å². The molecule has 2 amide bonds. The lowest BCUT2D eigenvalue weighted by molar-refractivity contribution is -0.128. The fourth-order valence-corrected chi connectivity index (χ4v) is 4.33. The molecule has 31 heavy (non-hydrogen) atoms. The zero-order valence-electron chi connectivity index (χ0n) is 16.9. The predicted molar refractivity (Wildman–Crippen MR) is 122 cm³/mol. The minimum absolute atomic E-state index is 0.0538. The molecule has 162 valence electrons. The minimum Gasteiger partial charge on any atom is -0.462 e. The number of carbonyl (C=O) groups excluding carboxylic acids is 3. The first-order chi connectivity index (χ1) is 14.9. The van der Waals surface area contributed by atoms with E-state index in [1.54, 1.807) is 48.2 Å². The van der Waals surface area contributed by atoms with Crippen molar-refractivity contribution in [1.82, 2.24) is 4.90 Å². The Bertz CT molecular complexity index is 993. The normalized spacial score (nSPS) is 17.2. The Morgan fingerprint density at radius 1 is 1.16 bits per heavy atom. The summed E-state index contributed by atoms with van der Waals surface area (Å²) in [5.74, 6) is -1.14. The highest BCUT2D eigenvalue weighted by molar-refractivity contribution is 8.15. The molecule has 2 aromatic rings. The van der Waals surface area contributed by atoms with Gasteiger partial charge in [-0.05, 0) is 55.3 Å². The van der Waals surface area contributed by atoms with Crippen LogP contribution in [0.2, 0.25) is 5.02 Å².